The normalized spacial score (nSPS) is 28.2. The quantitative estimate of drug-likeness (QED) is 0.0207. The number of unbranched alkanes of at least 4 members (excludes halogenated alkanes) is 24. The minimum absolute atomic E-state index is 0.0389. The first-order chi connectivity index (χ1) is 31.7. The Morgan fingerprint density at radius 2 is 0.909 bits per heavy atom. The lowest BCUT2D eigenvalue weighted by molar-refractivity contribution is -0.338. The Kier molecular flexibility index (Phi) is 32.9. The molecule has 9 N–H and O–H groups in total. The zero-order chi connectivity index (χ0) is 48.7. The predicted octanol–water partition coefficient (Wildman–Crippen LogP) is 5.55. The molecule has 19 heteroatoms. The van der Waals surface area contributed by atoms with Gasteiger partial charge in [-0.1, -0.05) is 168 Å². The minimum Gasteiger partial charge on any atom is -0.462 e. The SMILES string of the molecule is CCCCCCCCCCCCCCCCCC(=O)OC[C@H](COP(=O)(O)O[C@@H]1C(O)C(O)[C@@H](O)C(O)[C@H]1O[C@H]1OC(CO)[C@@H](O)C(O)[C@H]1O)OC(=O)CCCCCCCCCCCCC. The summed E-state index contributed by atoms with van der Waals surface area (Å²) in [6.07, 6.45) is 6.23. The van der Waals surface area contributed by atoms with Crippen molar-refractivity contribution in [2.75, 3.05) is 19.8 Å². The molecule has 0 radical (unpaired) electrons. The summed E-state index contributed by atoms with van der Waals surface area (Å²) >= 11 is 0. The van der Waals surface area contributed by atoms with Crippen molar-refractivity contribution in [1.29, 1.82) is 0 Å². The van der Waals surface area contributed by atoms with Gasteiger partial charge in [0.1, 0.15) is 67.6 Å². The molecule has 0 bridgehead atoms. The number of hydrogen-bond donors (Lipinski definition) is 9. The van der Waals surface area contributed by atoms with Gasteiger partial charge >= 0.3 is 19.8 Å². The highest BCUT2D eigenvalue weighted by atomic mass is 31.2. The van der Waals surface area contributed by atoms with Crippen LogP contribution in [0.2, 0.25) is 0 Å². The second-order valence-corrected chi connectivity index (χ2v) is 19.8. The number of hydrogen-bond acceptors (Lipinski definition) is 17. The van der Waals surface area contributed by atoms with Gasteiger partial charge in [-0.15, -0.1) is 0 Å². The number of carbonyl (C=O) groups excluding carboxylic acids is 2. The maximum Gasteiger partial charge on any atom is 0.472 e. The van der Waals surface area contributed by atoms with Crippen molar-refractivity contribution < 1.29 is 87.9 Å². The Balaban J connectivity index is 1.94. The van der Waals surface area contributed by atoms with Crippen LogP contribution < -0.4 is 0 Å². The van der Waals surface area contributed by atoms with Crippen molar-refractivity contribution in [3.8, 4) is 0 Å². The van der Waals surface area contributed by atoms with Crippen molar-refractivity contribution >= 4 is 19.8 Å². The van der Waals surface area contributed by atoms with Crippen LogP contribution in [0.25, 0.3) is 0 Å². The minimum atomic E-state index is -5.36. The fraction of sp³-hybridized carbons (Fsp3) is 0.957. The van der Waals surface area contributed by atoms with Gasteiger partial charge in [-0.25, -0.2) is 4.57 Å². The first-order valence-corrected chi connectivity index (χ1v) is 26.9. The van der Waals surface area contributed by atoms with Crippen molar-refractivity contribution in [2.45, 2.75) is 267 Å². The topological polar surface area (TPSA) is 289 Å². The lowest BCUT2D eigenvalue weighted by atomic mass is 9.84. The number of ether oxygens (including phenoxy) is 4. The molecule has 1 saturated carbocycles. The van der Waals surface area contributed by atoms with Crippen LogP contribution in [0.15, 0.2) is 0 Å². The third kappa shape index (κ3) is 24.5. The van der Waals surface area contributed by atoms with Crippen LogP contribution >= 0.6 is 7.82 Å². The van der Waals surface area contributed by atoms with Gasteiger partial charge in [-0.05, 0) is 12.8 Å². The molecule has 1 aliphatic carbocycles. The lowest BCUT2D eigenvalue weighted by Crippen LogP contribution is -2.67. The first-order valence-electron chi connectivity index (χ1n) is 25.4. The molecule has 2 fully saturated rings. The second-order valence-electron chi connectivity index (χ2n) is 18.4. The molecule has 66 heavy (non-hydrogen) atoms. The number of phosphoric acid groups is 1. The van der Waals surface area contributed by atoms with E-state index in [2.05, 4.69) is 13.8 Å². The van der Waals surface area contributed by atoms with Crippen molar-refractivity contribution in [3.63, 3.8) is 0 Å². The van der Waals surface area contributed by atoms with Crippen LogP contribution in [-0.4, -0.2) is 151 Å². The fourth-order valence-electron chi connectivity index (χ4n) is 8.35. The third-order valence-electron chi connectivity index (χ3n) is 12.6. The summed E-state index contributed by atoms with van der Waals surface area (Å²) in [5, 5.41) is 82.9. The second kappa shape index (κ2) is 35.7. The average molecular weight is 973 g/mol. The van der Waals surface area contributed by atoms with Gasteiger partial charge in [0.15, 0.2) is 12.4 Å². The fourth-order valence-corrected chi connectivity index (χ4v) is 9.32. The first kappa shape index (κ1) is 60.8. The van der Waals surface area contributed by atoms with E-state index in [-0.39, 0.29) is 12.8 Å². The molecule has 390 valence electrons. The number of aliphatic hydroxyl groups excluding tert-OH is 8. The summed E-state index contributed by atoms with van der Waals surface area (Å²) in [5.41, 5.74) is 0. The van der Waals surface area contributed by atoms with E-state index in [9.17, 15) is 59.9 Å². The van der Waals surface area contributed by atoms with Gasteiger partial charge in [-0.3, -0.25) is 18.6 Å². The summed E-state index contributed by atoms with van der Waals surface area (Å²) in [6, 6.07) is 0. The van der Waals surface area contributed by atoms with Gasteiger partial charge in [0.2, 0.25) is 0 Å². The molecular weight excluding hydrogens is 883 g/mol. The molecule has 1 heterocycles. The number of esters is 2. The molecule has 13 atom stereocenters. The van der Waals surface area contributed by atoms with Crippen LogP contribution in [-0.2, 0) is 42.1 Å². The molecule has 2 aliphatic rings. The van der Waals surface area contributed by atoms with Gasteiger partial charge in [-0.2, -0.15) is 0 Å². The molecule has 0 aromatic carbocycles. The molecule has 1 aliphatic heterocycles. The zero-order valence-corrected chi connectivity index (χ0v) is 40.9. The molecule has 18 nitrogen and oxygen atoms in total. The maximum atomic E-state index is 13.4. The highest BCUT2D eigenvalue weighted by Crippen LogP contribution is 2.48. The van der Waals surface area contributed by atoms with Crippen LogP contribution in [0.1, 0.15) is 194 Å². The Hall–Kier alpha value is -1.35. The van der Waals surface area contributed by atoms with E-state index in [1.807, 2.05) is 0 Å². The smallest absolute Gasteiger partial charge is 0.462 e. The number of rotatable bonds is 39. The van der Waals surface area contributed by atoms with Crippen LogP contribution in [0.5, 0.6) is 0 Å². The zero-order valence-electron chi connectivity index (χ0n) is 40.0. The van der Waals surface area contributed by atoms with E-state index in [1.54, 1.807) is 0 Å². The van der Waals surface area contributed by atoms with E-state index in [0.717, 1.165) is 51.4 Å². The van der Waals surface area contributed by atoms with Crippen molar-refractivity contribution in [3.05, 3.63) is 0 Å². The van der Waals surface area contributed by atoms with Gasteiger partial charge < -0.3 is 64.7 Å². The van der Waals surface area contributed by atoms with Crippen molar-refractivity contribution in [1.82, 2.24) is 0 Å². The van der Waals surface area contributed by atoms with E-state index < -0.39 is 113 Å². The van der Waals surface area contributed by atoms with E-state index >= 15 is 0 Å². The number of carbonyl (C=O) groups is 2. The lowest BCUT2D eigenvalue weighted by Gasteiger charge is -2.47. The molecule has 2 rings (SSSR count). The van der Waals surface area contributed by atoms with Crippen LogP contribution in [0.4, 0.5) is 0 Å². The summed E-state index contributed by atoms with van der Waals surface area (Å²) in [4.78, 5) is 36.5. The Morgan fingerprint density at radius 3 is 1.35 bits per heavy atom. The Labute approximate surface area is 393 Å². The molecule has 0 amide bonds. The molecule has 0 aromatic rings. The van der Waals surface area contributed by atoms with Crippen LogP contribution in [0, 0.1) is 0 Å². The Morgan fingerprint density at radius 1 is 0.515 bits per heavy atom. The van der Waals surface area contributed by atoms with E-state index in [1.165, 1.54) is 103 Å². The monoisotopic (exact) mass is 973 g/mol. The summed E-state index contributed by atoms with van der Waals surface area (Å²) in [7, 11) is -5.36. The molecule has 0 spiro atoms. The maximum absolute atomic E-state index is 13.4. The average Bonchev–Trinajstić information content (AvgIpc) is 3.29. The molecule has 1 saturated heterocycles. The standard InChI is InChI=1S/C47H89O18P/c1-3-5-7-9-11-13-15-16-17-18-20-21-23-25-27-29-36(49)60-32-34(62-37(50)30-28-26-24-22-19-14-12-10-8-6-4-2)33-61-66(58,59)65-46-43(56)41(54)40(53)42(55)45(46)64-47-44(57)39(52)38(51)35(31-48)63-47/h34-35,38-48,51-57H,3-33H2,1-2H3,(H,58,59)/t34-,35?,38-,39?,40-,41?,42?,43?,44-,45-,46-,47-/m1/s1. The molecule has 0 aromatic heterocycles. The van der Waals surface area contributed by atoms with Crippen molar-refractivity contribution in [2.24, 2.45) is 0 Å². The third-order valence-corrected chi connectivity index (χ3v) is 13.5. The highest BCUT2D eigenvalue weighted by molar-refractivity contribution is 7.47. The summed E-state index contributed by atoms with van der Waals surface area (Å²) in [5.74, 6) is -1.21. The molecule has 6 unspecified atom stereocenters. The summed E-state index contributed by atoms with van der Waals surface area (Å²) in [6.45, 7) is 2.23. The predicted molar refractivity (Wildman–Crippen MR) is 245 cm³/mol. The van der Waals surface area contributed by atoms with E-state index in [0.29, 0.717) is 12.8 Å². The largest absolute Gasteiger partial charge is 0.472 e. The summed E-state index contributed by atoms with van der Waals surface area (Å²) < 4.78 is 45.4. The Bertz CT molecular complexity index is 1300. The van der Waals surface area contributed by atoms with Gasteiger partial charge in [0.25, 0.3) is 0 Å². The number of aliphatic hydroxyl groups is 8. The van der Waals surface area contributed by atoms with Crippen LogP contribution in [0.3, 0.4) is 0 Å². The van der Waals surface area contributed by atoms with Gasteiger partial charge in [0.05, 0.1) is 13.2 Å². The molecular formula is C47H89O18P. The highest BCUT2D eigenvalue weighted by Gasteiger charge is 2.55. The van der Waals surface area contributed by atoms with E-state index in [4.69, 9.17) is 28.0 Å². The number of phosphoric ester groups is 1. The van der Waals surface area contributed by atoms with Gasteiger partial charge in [0, 0.05) is 12.8 Å².